The monoisotopic (exact) mass is 359 g/mol. The Balaban J connectivity index is 1.59. The minimum Gasteiger partial charge on any atom is -0.334 e. The number of rotatable bonds is 4. The topological polar surface area (TPSA) is 68.0 Å². The minimum atomic E-state index is -0.494. The molecule has 0 aliphatic heterocycles. The van der Waals surface area contributed by atoms with Crippen molar-refractivity contribution in [3.05, 3.63) is 90.2 Å². The maximum absolute atomic E-state index is 13.7. The fourth-order valence-electron chi connectivity index (χ4n) is 2.60. The Labute approximate surface area is 154 Å². The first-order valence-electron chi connectivity index (χ1n) is 8.26. The Morgan fingerprint density at radius 2 is 1.63 bits per heavy atom. The molecule has 0 aliphatic carbocycles. The number of hydrogen-bond acceptors (Lipinski definition) is 4. The van der Waals surface area contributed by atoms with Crippen molar-refractivity contribution in [3.63, 3.8) is 0 Å². The smallest absolute Gasteiger partial charge is 0.258 e. The van der Waals surface area contributed by atoms with Crippen LogP contribution >= 0.6 is 0 Å². The summed E-state index contributed by atoms with van der Waals surface area (Å²) in [6.07, 6.45) is 0. The zero-order valence-corrected chi connectivity index (χ0v) is 14.1. The van der Waals surface area contributed by atoms with Crippen molar-refractivity contribution in [2.24, 2.45) is 0 Å². The van der Waals surface area contributed by atoms with Gasteiger partial charge in [-0.1, -0.05) is 53.7 Å². The molecule has 1 heterocycles. The van der Waals surface area contributed by atoms with Gasteiger partial charge in [0.1, 0.15) is 5.82 Å². The second kappa shape index (κ2) is 7.21. The molecule has 1 aromatic heterocycles. The van der Waals surface area contributed by atoms with Crippen molar-refractivity contribution >= 4 is 11.6 Å². The molecule has 4 rings (SSSR count). The number of nitrogens with zero attached hydrogens (tertiary/aromatic N) is 2. The van der Waals surface area contributed by atoms with E-state index in [2.05, 4.69) is 15.5 Å². The lowest BCUT2D eigenvalue weighted by atomic mass is 10.1. The third kappa shape index (κ3) is 3.59. The summed E-state index contributed by atoms with van der Waals surface area (Å²) in [6, 6.07) is 22.2. The summed E-state index contributed by atoms with van der Waals surface area (Å²) < 4.78 is 19.1. The molecule has 0 fully saturated rings. The normalized spacial score (nSPS) is 10.6. The number of halogens is 1. The van der Waals surface area contributed by atoms with Gasteiger partial charge in [0, 0.05) is 16.7 Å². The van der Waals surface area contributed by atoms with Crippen LogP contribution in [-0.2, 0) is 0 Å². The van der Waals surface area contributed by atoms with Gasteiger partial charge in [-0.3, -0.25) is 4.79 Å². The molecule has 0 spiro atoms. The number of benzene rings is 3. The molecule has 0 radical (unpaired) electrons. The number of aromatic nitrogens is 2. The van der Waals surface area contributed by atoms with Crippen molar-refractivity contribution in [1.82, 2.24) is 10.1 Å². The van der Waals surface area contributed by atoms with E-state index in [1.165, 1.54) is 12.1 Å². The molecule has 0 bridgehead atoms. The van der Waals surface area contributed by atoms with Gasteiger partial charge >= 0.3 is 0 Å². The van der Waals surface area contributed by atoms with Crippen molar-refractivity contribution in [1.29, 1.82) is 0 Å². The molecule has 3 aromatic carbocycles. The van der Waals surface area contributed by atoms with Crippen LogP contribution in [0.25, 0.3) is 22.8 Å². The van der Waals surface area contributed by atoms with Crippen LogP contribution in [0.2, 0.25) is 0 Å². The van der Waals surface area contributed by atoms with E-state index in [0.29, 0.717) is 22.8 Å². The van der Waals surface area contributed by atoms with Crippen LogP contribution in [0.5, 0.6) is 0 Å². The van der Waals surface area contributed by atoms with Gasteiger partial charge in [-0.2, -0.15) is 4.98 Å². The van der Waals surface area contributed by atoms with E-state index < -0.39 is 11.7 Å². The Morgan fingerprint density at radius 1 is 0.889 bits per heavy atom. The fourth-order valence-corrected chi connectivity index (χ4v) is 2.60. The van der Waals surface area contributed by atoms with Gasteiger partial charge in [0.2, 0.25) is 5.82 Å². The van der Waals surface area contributed by atoms with Crippen molar-refractivity contribution < 1.29 is 13.7 Å². The van der Waals surface area contributed by atoms with E-state index >= 15 is 0 Å². The molecular weight excluding hydrogens is 345 g/mol. The quantitative estimate of drug-likeness (QED) is 0.568. The Hall–Kier alpha value is -3.80. The Morgan fingerprint density at radius 3 is 2.44 bits per heavy atom. The highest BCUT2D eigenvalue weighted by molar-refractivity contribution is 6.04. The number of carbonyl (C=O) groups is 1. The van der Waals surface area contributed by atoms with Gasteiger partial charge in [0.15, 0.2) is 0 Å². The molecule has 1 amide bonds. The second-order valence-corrected chi connectivity index (χ2v) is 5.80. The third-order valence-electron chi connectivity index (χ3n) is 3.95. The van der Waals surface area contributed by atoms with Gasteiger partial charge < -0.3 is 9.84 Å². The number of carbonyl (C=O) groups excluding carboxylic acids is 1. The first kappa shape index (κ1) is 16.7. The van der Waals surface area contributed by atoms with Crippen molar-refractivity contribution in [2.45, 2.75) is 0 Å². The SMILES string of the molecule is O=C(Nc1ccccc1F)c1cccc(-c2nc(-c3ccccc3)no2)c1. The Bertz CT molecular complexity index is 1090. The van der Waals surface area contributed by atoms with Gasteiger partial charge in [0.05, 0.1) is 5.69 Å². The van der Waals surface area contributed by atoms with Gasteiger partial charge in [-0.25, -0.2) is 4.39 Å². The second-order valence-electron chi connectivity index (χ2n) is 5.80. The number of para-hydroxylation sites is 1. The van der Waals surface area contributed by atoms with E-state index in [-0.39, 0.29) is 5.69 Å². The van der Waals surface area contributed by atoms with E-state index in [0.717, 1.165) is 5.56 Å². The van der Waals surface area contributed by atoms with E-state index in [9.17, 15) is 9.18 Å². The molecule has 0 saturated heterocycles. The molecule has 27 heavy (non-hydrogen) atoms. The lowest BCUT2D eigenvalue weighted by molar-refractivity contribution is 0.102. The van der Waals surface area contributed by atoms with Crippen LogP contribution in [0.4, 0.5) is 10.1 Å². The summed E-state index contributed by atoms with van der Waals surface area (Å²) in [5.74, 6) is -0.155. The molecule has 5 nitrogen and oxygen atoms in total. The molecule has 4 aromatic rings. The highest BCUT2D eigenvalue weighted by atomic mass is 19.1. The van der Waals surface area contributed by atoms with Crippen molar-refractivity contribution in [2.75, 3.05) is 5.32 Å². The molecule has 0 saturated carbocycles. The molecule has 0 atom stereocenters. The third-order valence-corrected chi connectivity index (χ3v) is 3.95. The highest BCUT2D eigenvalue weighted by Gasteiger charge is 2.14. The molecule has 132 valence electrons. The zero-order valence-electron chi connectivity index (χ0n) is 14.1. The van der Waals surface area contributed by atoms with E-state index in [1.54, 1.807) is 36.4 Å². The van der Waals surface area contributed by atoms with Crippen molar-refractivity contribution in [3.8, 4) is 22.8 Å². The number of hydrogen-bond donors (Lipinski definition) is 1. The maximum atomic E-state index is 13.7. The lowest BCUT2D eigenvalue weighted by Gasteiger charge is -2.06. The van der Waals surface area contributed by atoms with E-state index in [1.807, 2.05) is 30.3 Å². The predicted octanol–water partition coefficient (Wildman–Crippen LogP) is 4.80. The average Bonchev–Trinajstić information content (AvgIpc) is 3.21. The fraction of sp³-hybridized carbons (Fsp3) is 0. The standard InChI is InChI=1S/C21H14FN3O2/c22-17-11-4-5-12-18(17)23-20(26)15-9-6-10-16(13-15)21-24-19(25-27-21)14-7-2-1-3-8-14/h1-13H,(H,23,26). The van der Waals surface area contributed by atoms with Crippen LogP contribution in [0, 0.1) is 5.82 Å². The lowest BCUT2D eigenvalue weighted by Crippen LogP contribution is -2.12. The van der Waals surface area contributed by atoms with Crippen LogP contribution in [0.1, 0.15) is 10.4 Å². The summed E-state index contributed by atoms with van der Waals surface area (Å²) in [7, 11) is 0. The van der Waals surface area contributed by atoms with E-state index in [4.69, 9.17) is 4.52 Å². The molecule has 1 N–H and O–H groups in total. The highest BCUT2D eigenvalue weighted by Crippen LogP contribution is 2.23. The van der Waals surface area contributed by atoms with Gasteiger partial charge in [0.25, 0.3) is 11.8 Å². The Kier molecular flexibility index (Phi) is 4.45. The first-order chi connectivity index (χ1) is 13.2. The number of nitrogens with one attached hydrogen (secondary N) is 1. The van der Waals surface area contributed by atoms with Crippen LogP contribution in [0.15, 0.2) is 83.4 Å². The molecular formula is C21H14FN3O2. The minimum absolute atomic E-state index is 0.122. The van der Waals surface area contributed by atoms with Crippen LogP contribution in [0.3, 0.4) is 0 Å². The summed E-state index contributed by atoms with van der Waals surface area (Å²) in [4.78, 5) is 16.8. The first-order valence-corrected chi connectivity index (χ1v) is 8.26. The average molecular weight is 359 g/mol. The number of anilines is 1. The summed E-state index contributed by atoms with van der Waals surface area (Å²) in [6.45, 7) is 0. The predicted molar refractivity (Wildman–Crippen MR) is 99.5 cm³/mol. The summed E-state index contributed by atoms with van der Waals surface area (Å²) in [5.41, 5.74) is 1.92. The molecule has 6 heteroatoms. The molecule has 0 unspecified atom stereocenters. The largest absolute Gasteiger partial charge is 0.334 e. The van der Waals surface area contributed by atoms with Crippen LogP contribution in [-0.4, -0.2) is 16.0 Å². The molecule has 0 aliphatic rings. The zero-order chi connectivity index (χ0) is 18.6. The summed E-state index contributed by atoms with van der Waals surface area (Å²) >= 11 is 0. The maximum Gasteiger partial charge on any atom is 0.258 e. The van der Waals surface area contributed by atoms with Gasteiger partial charge in [-0.15, -0.1) is 0 Å². The summed E-state index contributed by atoms with van der Waals surface area (Å²) in [5, 5.41) is 6.54. The van der Waals surface area contributed by atoms with Crippen LogP contribution < -0.4 is 5.32 Å². The number of amides is 1. The van der Waals surface area contributed by atoms with Gasteiger partial charge in [-0.05, 0) is 30.3 Å².